The van der Waals surface area contributed by atoms with Gasteiger partial charge in [0.25, 0.3) is 5.91 Å². The molecule has 100 valence electrons. The first-order valence-electron chi connectivity index (χ1n) is 6.08. The van der Waals surface area contributed by atoms with Crippen molar-refractivity contribution >= 4 is 23.2 Å². The maximum absolute atomic E-state index is 12.5. The van der Waals surface area contributed by atoms with Gasteiger partial charge in [0.2, 0.25) is 0 Å². The van der Waals surface area contributed by atoms with Crippen molar-refractivity contribution < 1.29 is 4.79 Å². The van der Waals surface area contributed by atoms with Crippen LogP contribution in [-0.2, 0) is 0 Å². The smallest absolute Gasteiger partial charge is 0.258 e. The van der Waals surface area contributed by atoms with E-state index in [2.05, 4.69) is 0 Å². The van der Waals surface area contributed by atoms with Gasteiger partial charge in [-0.2, -0.15) is 5.26 Å². The molecule has 2 aromatic rings. The van der Waals surface area contributed by atoms with Crippen LogP contribution in [0.5, 0.6) is 0 Å². The van der Waals surface area contributed by atoms with Crippen LogP contribution in [0.1, 0.15) is 21.5 Å². The molecule has 2 rings (SSSR count). The fourth-order valence-corrected chi connectivity index (χ4v) is 2.07. The second-order valence-electron chi connectivity index (χ2n) is 4.44. The van der Waals surface area contributed by atoms with Gasteiger partial charge < -0.3 is 4.90 Å². The highest BCUT2D eigenvalue weighted by Crippen LogP contribution is 2.22. The molecule has 0 N–H and O–H groups in total. The zero-order valence-electron chi connectivity index (χ0n) is 11.2. The van der Waals surface area contributed by atoms with Crippen LogP contribution in [0.25, 0.3) is 0 Å². The van der Waals surface area contributed by atoms with Crippen LogP contribution in [0.4, 0.5) is 5.69 Å². The lowest BCUT2D eigenvalue weighted by molar-refractivity contribution is 0.0992. The number of halogens is 1. The molecule has 0 saturated heterocycles. The van der Waals surface area contributed by atoms with E-state index in [0.717, 1.165) is 11.3 Å². The molecule has 0 aliphatic carbocycles. The monoisotopic (exact) mass is 284 g/mol. The molecule has 4 heteroatoms. The Morgan fingerprint density at radius 1 is 1.20 bits per heavy atom. The summed E-state index contributed by atoms with van der Waals surface area (Å²) in [5.74, 6) is -0.130. The number of carbonyl (C=O) groups excluding carboxylic acids is 1. The van der Waals surface area contributed by atoms with Crippen LogP contribution in [0.2, 0.25) is 5.02 Å². The first-order chi connectivity index (χ1) is 9.54. The summed E-state index contributed by atoms with van der Waals surface area (Å²) >= 11 is 6.04. The lowest BCUT2D eigenvalue weighted by Crippen LogP contribution is -2.26. The Balaban J connectivity index is 2.32. The zero-order chi connectivity index (χ0) is 14.7. The summed E-state index contributed by atoms with van der Waals surface area (Å²) in [7, 11) is 1.70. The Bertz CT molecular complexity index is 687. The Morgan fingerprint density at radius 2 is 1.85 bits per heavy atom. The van der Waals surface area contributed by atoms with E-state index in [4.69, 9.17) is 16.9 Å². The van der Waals surface area contributed by atoms with Crippen molar-refractivity contribution in [2.24, 2.45) is 0 Å². The van der Waals surface area contributed by atoms with Gasteiger partial charge in [-0.25, -0.2) is 0 Å². The fraction of sp³-hybridized carbons (Fsp3) is 0.125. The van der Waals surface area contributed by atoms with E-state index in [0.29, 0.717) is 16.1 Å². The van der Waals surface area contributed by atoms with Crippen LogP contribution in [0, 0.1) is 18.3 Å². The standard InChI is InChI=1S/C16H13ClN2O/c1-11-14(4-3-5-15(11)17)16(20)19(2)13-8-6-12(10-18)7-9-13/h3-9H,1-2H3. The Kier molecular flexibility index (Phi) is 4.07. The molecule has 0 aliphatic rings. The molecular weight excluding hydrogens is 272 g/mol. The van der Waals surface area contributed by atoms with E-state index < -0.39 is 0 Å². The Labute approximate surface area is 123 Å². The van der Waals surface area contributed by atoms with Crippen LogP contribution in [0.15, 0.2) is 42.5 Å². The fourth-order valence-electron chi connectivity index (χ4n) is 1.90. The topological polar surface area (TPSA) is 44.1 Å². The average Bonchev–Trinajstić information content (AvgIpc) is 2.48. The third-order valence-corrected chi connectivity index (χ3v) is 3.60. The van der Waals surface area contributed by atoms with E-state index in [1.165, 1.54) is 0 Å². The van der Waals surface area contributed by atoms with Crippen molar-refractivity contribution in [3.8, 4) is 6.07 Å². The normalized spacial score (nSPS) is 9.90. The third-order valence-electron chi connectivity index (χ3n) is 3.19. The molecule has 2 aromatic carbocycles. The minimum absolute atomic E-state index is 0.130. The first kappa shape index (κ1) is 14.1. The maximum atomic E-state index is 12.5. The van der Waals surface area contributed by atoms with E-state index >= 15 is 0 Å². The number of hydrogen-bond donors (Lipinski definition) is 0. The van der Waals surface area contributed by atoms with E-state index in [1.807, 2.05) is 13.0 Å². The second-order valence-corrected chi connectivity index (χ2v) is 4.84. The highest BCUT2D eigenvalue weighted by Gasteiger charge is 2.16. The summed E-state index contributed by atoms with van der Waals surface area (Å²) in [6, 6.07) is 14.2. The molecule has 0 fully saturated rings. The van der Waals surface area contributed by atoms with Crippen LogP contribution >= 0.6 is 11.6 Å². The quantitative estimate of drug-likeness (QED) is 0.842. The zero-order valence-corrected chi connectivity index (χ0v) is 12.0. The van der Waals surface area contributed by atoms with Crippen molar-refractivity contribution in [1.82, 2.24) is 0 Å². The number of rotatable bonds is 2. The number of hydrogen-bond acceptors (Lipinski definition) is 2. The van der Waals surface area contributed by atoms with Gasteiger partial charge in [0.1, 0.15) is 0 Å². The van der Waals surface area contributed by atoms with Crippen LogP contribution < -0.4 is 4.90 Å². The van der Waals surface area contributed by atoms with E-state index in [1.54, 1.807) is 54.4 Å². The lowest BCUT2D eigenvalue weighted by Gasteiger charge is -2.19. The molecule has 0 aliphatic heterocycles. The molecule has 0 heterocycles. The number of benzene rings is 2. The summed E-state index contributed by atoms with van der Waals surface area (Å²) in [5, 5.41) is 9.35. The van der Waals surface area contributed by atoms with E-state index in [9.17, 15) is 4.79 Å². The molecule has 20 heavy (non-hydrogen) atoms. The molecule has 0 spiro atoms. The highest BCUT2D eigenvalue weighted by atomic mass is 35.5. The summed E-state index contributed by atoms with van der Waals surface area (Å²) in [6.45, 7) is 1.82. The van der Waals surface area contributed by atoms with Gasteiger partial charge in [0.15, 0.2) is 0 Å². The SMILES string of the molecule is Cc1c(Cl)cccc1C(=O)N(C)c1ccc(C#N)cc1. The number of anilines is 1. The van der Waals surface area contributed by atoms with Gasteiger partial charge >= 0.3 is 0 Å². The van der Waals surface area contributed by atoms with Crippen LogP contribution in [0.3, 0.4) is 0 Å². The van der Waals surface area contributed by atoms with Crippen LogP contribution in [-0.4, -0.2) is 13.0 Å². The number of carbonyl (C=O) groups is 1. The predicted molar refractivity (Wildman–Crippen MR) is 80.1 cm³/mol. The molecule has 0 saturated carbocycles. The lowest BCUT2D eigenvalue weighted by atomic mass is 10.1. The predicted octanol–water partition coefficient (Wildman–Crippen LogP) is 3.80. The van der Waals surface area contributed by atoms with Gasteiger partial charge in [0, 0.05) is 23.3 Å². The molecule has 1 amide bonds. The van der Waals surface area contributed by atoms with Crippen molar-refractivity contribution in [3.05, 3.63) is 64.2 Å². The number of amides is 1. The Hall–Kier alpha value is -2.31. The molecule has 0 radical (unpaired) electrons. The molecule has 0 unspecified atom stereocenters. The molecule has 3 nitrogen and oxygen atoms in total. The third kappa shape index (κ3) is 2.66. The summed E-state index contributed by atoms with van der Waals surface area (Å²) in [4.78, 5) is 14.0. The van der Waals surface area contributed by atoms with Gasteiger partial charge in [-0.05, 0) is 48.9 Å². The second kappa shape index (κ2) is 5.77. The van der Waals surface area contributed by atoms with Crippen molar-refractivity contribution in [2.75, 3.05) is 11.9 Å². The van der Waals surface area contributed by atoms with Gasteiger partial charge in [-0.15, -0.1) is 0 Å². The minimum Gasteiger partial charge on any atom is -0.311 e. The molecular formula is C16H13ClN2O. The Morgan fingerprint density at radius 3 is 2.45 bits per heavy atom. The first-order valence-corrected chi connectivity index (χ1v) is 6.45. The van der Waals surface area contributed by atoms with Gasteiger partial charge in [-0.1, -0.05) is 17.7 Å². The average molecular weight is 285 g/mol. The van der Waals surface area contributed by atoms with Crippen molar-refractivity contribution in [2.45, 2.75) is 6.92 Å². The summed E-state index contributed by atoms with van der Waals surface area (Å²) < 4.78 is 0. The highest BCUT2D eigenvalue weighted by molar-refractivity contribution is 6.32. The minimum atomic E-state index is -0.130. The van der Waals surface area contributed by atoms with Gasteiger partial charge in [-0.3, -0.25) is 4.79 Å². The molecule has 0 aromatic heterocycles. The summed E-state index contributed by atoms with van der Waals surface area (Å²) in [5.41, 5.74) is 2.63. The largest absolute Gasteiger partial charge is 0.311 e. The molecule has 0 atom stereocenters. The number of nitrogens with zero attached hydrogens (tertiary/aromatic N) is 2. The van der Waals surface area contributed by atoms with Crippen molar-refractivity contribution in [3.63, 3.8) is 0 Å². The maximum Gasteiger partial charge on any atom is 0.258 e. The molecule has 0 bridgehead atoms. The van der Waals surface area contributed by atoms with Gasteiger partial charge in [0.05, 0.1) is 11.6 Å². The van der Waals surface area contributed by atoms with Crippen molar-refractivity contribution in [1.29, 1.82) is 5.26 Å². The van der Waals surface area contributed by atoms with E-state index in [-0.39, 0.29) is 5.91 Å². The summed E-state index contributed by atoms with van der Waals surface area (Å²) in [6.07, 6.45) is 0. The number of nitriles is 1.